The third-order valence-corrected chi connectivity index (χ3v) is 5.94. The Labute approximate surface area is 200 Å². The Balaban J connectivity index is 1.60. The van der Waals surface area contributed by atoms with Gasteiger partial charge in [0.1, 0.15) is 0 Å². The third kappa shape index (κ3) is 8.36. The summed E-state index contributed by atoms with van der Waals surface area (Å²) in [5.41, 5.74) is 2.93. The first-order chi connectivity index (χ1) is 16.4. The number of hydrogen-bond acceptors (Lipinski definition) is 4. The van der Waals surface area contributed by atoms with Crippen LogP contribution >= 0.6 is 0 Å². The Bertz CT molecular complexity index is 991. The Kier molecular flexibility index (Phi) is 9.31. The molecule has 1 N–H and O–H groups in total. The quantitative estimate of drug-likeness (QED) is 0.382. The van der Waals surface area contributed by atoms with E-state index in [4.69, 9.17) is 4.98 Å². The van der Waals surface area contributed by atoms with Crippen LogP contribution in [-0.4, -0.2) is 33.6 Å². The van der Waals surface area contributed by atoms with Gasteiger partial charge in [0.25, 0.3) is 0 Å². The molecule has 0 atom stereocenters. The molecule has 2 aromatic rings. The number of halogens is 3. The van der Waals surface area contributed by atoms with Crippen molar-refractivity contribution in [2.75, 3.05) is 11.9 Å². The van der Waals surface area contributed by atoms with E-state index in [-0.39, 0.29) is 5.56 Å². The second-order valence-electron chi connectivity index (χ2n) is 8.59. The summed E-state index contributed by atoms with van der Waals surface area (Å²) < 4.78 is 38.1. The Morgan fingerprint density at radius 1 is 1.18 bits per heavy atom. The summed E-state index contributed by atoms with van der Waals surface area (Å²) in [7, 11) is 0. The number of rotatable bonds is 10. The highest BCUT2D eigenvalue weighted by Gasteiger charge is 2.27. The predicted octanol–water partition coefficient (Wildman–Crippen LogP) is 6.93. The van der Waals surface area contributed by atoms with E-state index in [2.05, 4.69) is 16.9 Å². The van der Waals surface area contributed by atoms with Crippen molar-refractivity contribution in [3.8, 4) is 0 Å². The van der Waals surface area contributed by atoms with Gasteiger partial charge in [-0.3, -0.25) is 0 Å². The van der Waals surface area contributed by atoms with Gasteiger partial charge in [-0.15, -0.1) is 0 Å². The lowest BCUT2D eigenvalue weighted by molar-refractivity contribution is -0.127. The van der Waals surface area contributed by atoms with Crippen LogP contribution in [0.1, 0.15) is 55.8 Å². The third-order valence-electron chi connectivity index (χ3n) is 5.94. The molecular formula is C27H33F3N4. The van der Waals surface area contributed by atoms with Crippen LogP contribution in [0.25, 0.3) is 5.57 Å². The zero-order valence-electron chi connectivity index (χ0n) is 19.7. The number of allylic oxidation sites excluding steroid dienone is 3. The molecule has 1 aliphatic rings. The van der Waals surface area contributed by atoms with Gasteiger partial charge in [0.05, 0.1) is 12.1 Å². The number of anilines is 1. The molecular weight excluding hydrogens is 437 g/mol. The van der Waals surface area contributed by atoms with Crippen LogP contribution in [0.2, 0.25) is 0 Å². The van der Waals surface area contributed by atoms with Crippen molar-refractivity contribution in [2.24, 2.45) is 0 Å². The van der Waals surface area contributed by atoms with Gasteiger partial charge in [-0.1, -0.05) is 56.2 Å². The van der Waals surface area contributed by atoms with Crippen molar-refractivity contribution >= 4 is 11.5 Å². The van der Waals surface area contributed by atoms with E-state index in [9.17, 15) is 13.2 Å². The molecule has 1 heterocycles. The van der Waals surface area contributed by atoms with Crippen LogP contribution in [0.3, 0.4) is 0 Å². The molecule has 1 fully saturated rings. The number of hydrogen-bond donors (Lipinski definition) is 1. The van der Waals surface area contributed by atoms with Crippen LogP contribution in [0.5, 0.6) is 0 Å². The molecule has 0 saturated heterocycles. The molecule has 0 radical (unpaired) electrons. The average molecular weight is 471 g/mol. The highest BCUT2D eigenvalue weighted by molar-refractivity contribution is 5.71. The lowest BCUT2D eigenvalue weighted by Crippen LogP contribution is -2.23. The second kappa shape index (κ2) is 12.4. The van der Waals surface area contributed by atoms with E-state index in [1.807, 2.05) is 42.3 Å². The van der Waals surface area contributed by atoms with E-state index < -0.39 is 12.6 Å². The Morgan fingerprint density at radius 2 is 1.94 bits per heavy atom. The molecule has 4 nitrogen and oxygen atoms in total. The first kappa shape index (κ1) is 25.5. The fourth-order valence-electron chi connectivity index (χ4n) is 4.14. The van der Waals surface area contributed by atoms with Crippen LogP contribution in [0, 0.1) is 0 Å². The maximum absolute atomic E-state index is 12.7. The monoisotopic (exact) mass is 470 g/mol. The van der Waals surface area contributed by atoms with Crippen molar-refractivity contribution in [2.45, 2.75) is 64.1 Å². The fourth-order valence-corrected chi connectivity index (χ4v) is 4.14. The van der Waals surface area contributed by atoms with Crippen LogP contribution < -0.4 is 5.32 Å². The van der Waals surface area contributed by atoms with Crippen LogP contribution in [0.4, 0.5) is 19.1 Å². The summed E-state index contributed by atoms with van der Waals surface area (Å²) in [6, 6.07) is 8.98. The summed E-state index contributed by atoms with van der Waals surface area (Å²) in [6.45, 7) is 6.43. The summed E-state index contributed by atoms with van der Waals surface area (Å²) in [4.78, 5) is 11.0. The van der Waals surface area contributed by atoms with E-state index >= 15 is 0 Å². The molecule has 1 aromatic carbocycles. The minimum Gasteiger partial charge on any atom is -0.354 e. The number of nitrogens with one attached hydrogen (secondary N) is 1. The Morgan fingerprint density at radius 3 is 2.65 bits per heavy atom. The maximum Gasteiger partial charge on any atom is 0.393 e. The topological polar surface area (TPSA) is 41.1 Å². The standard InChI is InChI=1S/C27H33F3N4/c1-3-23(25-13-16-31-26(33-25)32-24-11-6-5-7-12-24)15-18-34(4-2)17-14-21-9-8-10-22(19-21)20-27(28,29)30/h3-4,8-10,13,15-16,18-19,24H,2,5-7,11-12,14,17,20H2,1H3,(H,31,32,33)/b18-15-,23-3+. The summed E-state index contributed by atoms with van der Waals surface area (Å²) in [5, 5.41) is 3.46. The molecule has 1 aliphatic carbocycles. The van der Waals surface area contributed by atoms with Crippen molar-refractivity contribution in [3.63, 3.8) is 0 Å². The molecule has 3 rings (SSSR count). The van der Waals surface area contributed by atoms with Crippen molar-refractivity contribution in [1.29, 1.82) is 0 Å². The van der Waals surface area contributed by atoms with E-state index in [1.165, 1.54) is 25.3 Å². The summed E-state index contributed by atoms with van der Waals surface area (Å²) in [5.74, 6) is 0.650. The van der Waals surface area contributed by atoms with Gasteiger partial charge in [-0.25, -0.2) is 9.97 Å². The van der Waals surface area contributed by atoms with E-state index in [1.54, 1.807) is 24.5 Å². The number of alkyl halides is 3. The van der Waals surface area contributed by atoms with E-state index in [0.717, 1.165) is 29.7 Å². The summed E-state index contributed by atoms with van der Waals surface area (Å²) in [6.07, 6.45) is 10.9. The molecule has 0 spiro atoms. The van der Waals surface area contributed by atoms with Gasteiger partial charge in [0, 0.05) is 25.0 Å². The largest absolute Gasteiger partial charge is 0.393 e. The van der Waals surface area contributed by atoms with Crippen LogP contribution in [0.15, 0.2) is 67.7 Å². The Hall–Kier alpha value is -3.09. The minimum atomic E-state index is -4.20. The SMILES string of the molecule is C=CN(/C=C\C(=C/C)c1ccnc(NC2CCCCC2)n1)CCc1cccc(CC(F)(F)F)c1. The summed E-state index contributed by atoms with van der Waals surface area (Å²) >= 11 is 0. The van der Waals surface area contributed by atoms with Gasteiger partial charge < -0.3 is 10.2 Å². The van der Waals surface area contributed by atoms with Crippen LogP contribution in [-0.2, 0) is 12.8 Å². The van der Waals surface area contributed by atoms with Crippen molar-refractivity contribution in [1.82, 2.24) is 14.9 Å². The molecule has 0 unspecified atom stereocenters. The highest BCUT2D eigenvalue weighted by Crippen LogP contribution is 2.23. The zero-order chi connectivity index (χ0) is 24.4. The molecule has 1 aromatic heterocycles. The molecule has 34 heavy (non-hydrogen) atoms. The first-order valence-electron chi connectivity index (χ1n) is 11.8. The molecule has 182 valence electrons. The van der Waals surface area contributed by atoms with E-state index in [0.29, 0.717) is 25.0 Å². The molecule has 0 aliphatic heterocycles. The van der Waals surface area contributed by atoms with Gasteiger partial charge in [0.2, 0.25) is 5.95 Å². The average Bonchev–Trinajstić information content (AvgIpc) is 2.81. The predicted molar refractivity (Wildman–Crippen MR) is 132 cm³/mol. The maximum atomic E-state index is 12.7. The number of aromatic nitrogens is 2. The lowest BCUT2D eigenvalue weighted by Gasteiger charge is -2.22. The van der Waals surface area contributed by atoms with Crippen molar-refractivity contribution in [3.05, 3.63) is 84.5 Å². The normalized spacial score (nSPS) is 15.5. The second-order valence-corrected chi connectivity index (χ2v) is 8.59. The minimum absolute atomic E-state index is 0.281. The highest BCUT2D eigenvalue weighted by atomic mass is 19.4. The number of benzene rings is 1. The molecule has 7 heteroatoms. The van der Waals surface area contributed by atoms with Gasteiger partial charge >= 0.3 is 6.18 Å². The molecule has 1 saturated carbocycles. The lowest BCUT2D eigenvalue weighted by atomic mass is 9.96. The van der Waals surface area contributed by atoms with Crippen molar-refractivity contribution < 1.29 is 13.2 Å². The van der Waals surface area contributed by atoms with Gasteiger partial charge in [-0.05, 0) is 61.2 Å². The number of nitrogens with zero attached hydrogens (tertiary/aromatic N) is 3. The molecule has 0 bridgehead atoms. The fraction of sp³-hybridized carbons (Fsp3) is 0.407. The first-order valence-corrected chi connectivity index (χ1v) is 11.8. The zero-order valence-corrected chi connectivity index (χ0v) is 19.7. The molecule has 0 amide bonds. The van der Waals surface area contributed by atoms with Gasteiger partial charge in [-0.2, -0.15) is 13.2 Å². The van der Waals surface area contributed by atoms with Gasteiger partial charge in [0.15, 0.2) is 0 Å². The smallest absolute Gasteiger partial charge is 0.354 e.